The first-order chi connectivity index (χ1) is 7.65. The molecule has 1 aliphatic rings. The zero-order valence-electron chi connectivity index (χ0n) is 8.49. The van der Waals surface area contributed by atoms with Crippen LogP contribution in [0.4, 0.5) is 5.95 Å². The van der Waals surface area contributed by atoms with E-state index in [0.717, 1.165) is 0 Å². The fraction of sp³-hybridized carbons (Fsp3) is 0.500. The van der Waals surface area contributed by atoms with Crippen molar-refractivity contribution in [3.63, 3.8) is 0 Å². The summed E-state index contributed by atoms with van der Waals surface area (Å²) in [6, 6.07) is -0.0727. The molecule has 0 spiro atoms. The van der Waals surface area contributed by atoms with Gasteiger partial charge in [0.05, 0.1) is 0 Å². The van der Waals surface area contributed by atoms with Crippen LogP contribution in [0.5, 0.6) is 0 Å². The Kier molecular flexibility index (Phi) is 2.71. The number of carbonyl (C=O) groups is 2. The minimum Gasteiger partial charge on any atom is -0.366 e. The van der Waals surface area contributed by atoms with Gasteiger partial charge in [-0.15, -0.1) is 5.10 Å². The molecule has 1 unspecified atom stereocenters. The van der Waals surface area contributed by atoms with Gasteiger partial charge in [0.15, 0.2) is 0 Å². The van der Waals surface area contributed by atoms with Crippen molar-refractivity contribution in [2.24, 2.45) is 0 Å². The number of nitrogen functional groups attached to an aromatic ring is 1. The quantitative estimate of drug-likeness (QED) is 0.481. The van der Waals surface area contributed by atoms with Gasteiger partial charge in [-0.2, -0.15) is 4.98 Å². The van der Waals surface area contributed by atoms with Crippen LogP contribution in [0.1, 0.15) is 23.5 Å². The number of piperidine rings is 1. The molecule has 2 heterocycles. The van der Waals surface area contributed by atoms with E-state index in [0.29, 0.717) is 19.4 Å². The highest BCUT2D eigenvalue weighted by atomic mass is 16.2. The fourth-order valence-electron chi connectivity index (χ4n) is 1.49. The van der Waals surface area contributed by atoms with Gasteiger partial charge < -0.3 is 16.4 Å². The summed E-state index contributed by atoms with van der Waals surface area (Å²) in [4.78, 5) is 26.2. The number of aromatic amines is 1. The third-order valence-corrected chi connectivity index (χ3v) is 2.32. The van der Waals surface area contributed by atoms with Crippen molar-refractivity contribution in [1.82, 2.24) is 25.8 Å². The SMILES string of the molecule is Nc1n[nH]c(C(=O)NC2CCC(=O)NC2)n1. The first-order valence-electron chi connectivity index (χ1n) is 4.90. The summed E-state index contributed by atoms with van der Waals surface area (Å²) < 4.78 is 0. The van der Waals surface area contributed by atoms with Crippen LogP contribution in [0.15, 0.2) is 0 Å². The number of nitrogens with two attached hydrogens (primary N) is 1. The molecule has 1 atom stereocenters. The Bertz CT molecular complexity index is 404. The van der Waals surface area contributed by atoms with E-state index in [1.54, 1.807) is 0 Å². The molecule has 0 bridgehead atoms. The number of hydrogen-bond donors (Lipinski definition) is 4. The van der Waals surface area contributed by atoms with Crippen molar-refractivity contribution in [3.05, 3.63) is 5.82 Å². The van der Waals surface area contributed by atoms with Gasteiger partial charge in [-0.1, -0.05) is 0 Å². The molecular weight excluding hydrogens is 212 g/mol. The third-order valence-electron chi connectivity index (χ3n) is 2.32. The van der Waals surface area contributed by atoms with Crippen LogP contribution >= 0.6 is 0 Å². The summed E-state index contributed by atoms with van der Waals surface area (Å²) in [6.45, 7) is 0.439. The van der Waals surface area contributed by atoms with Crippen molar-refractivity contribution in [2.75, 3.05) is 12.3 Å². The average Bonchev–Trinajstić information content (AvgIpc) is 2.68. The lowest BCUT2D eigenvalue weighted by atomic mass is 10.1. The lowest BCUT2D eigenvalue weighted by Gasteiger charge is -2.22. The van der Waals surface area contributed by atoms with E-state index in [9.17, 15) is 9.59 Å². The maximum absolute atomic E-state index is 11.6. The second-order valence-corrected chi connectivity index (χ2v) is 3.56. The van der Waals surface area contributed by atoms with Crippen LogP contribution in [0.3, 0.4) is 0 Å². The highest BCUT2D eigenvalue weighted by Crippen LogP contribution is 2.03. The summed E-state index contributed by atoms with van der Waals surface area (Å²) in [6.07, 6.45) is 1.05. The second kappa shape index (κ2) is 4.17. The number of nitrogens with zero attached hydrogens (tertiary/aromatic N) is 2. The number of carbonyl (C=O) groups excluding carboxylic acids is 2. The fourth-order valence-corrected chi connectivity index (χ4v) is 1.49. The molecule has 1 saturated heterocycles. The summed E-state index contributed by atoms with van der Waals surface area (Å²) in [5, 5.41) is 11.4. The Morgan fingerprint density at radius 2 is 2.38 bits per heavy atom. The topological polar surface area (TPSA) is 126 Å². The Hall–Kier alpha value is -2.12. The van der Waals surface area contributed by atoms with E-state index in [1.807, 2.05) is 0 Å². The third kappa shape index (κ3) is 2.27. The van der Waals surface area contributed by atoms with Gasteiger partial charge in [0.1, 0.15) is 0 Å². The van der Waals surface area contributed by atoms with E-state index in [4.69, 9.17) is 5.73 Å². The molecular formula is C8H12N6O2. The Morgan fingerprint density at radius 1 is 1.56 bits per heavy atom. The highest BCUT2D eigenvalue weighted by molar-refractivity contribution is 5.91. The van der Waals surface area contributed by atoms with Crippen molar-refractivity contribution >= 4 is 17.8 Å². The lowest BCUT2D eigenvalue weighted by molar-refractivity contribution is -0.122. The lowest BCUT2D eigenvalue weighted by Crippen LogP contribution is -2.47. The first kappa shape index (κ1) is 10.4. The van der Waals surface area contributed by atoms with Crippen LogP contribution in [0.25, 0.3) is 0 Å². The summed E-state index contributed by atoms with van der Waals surface area (Å²) >= 11 is 0. The normalized spacial score (nSPS) is 20.2. The van der Waals surface area contributed by atoms with E-state index in [-0.39, 0.29) is 29.6 Å². The van der Waals surface area contributed by atoms with Crippen LogP contribution in [0, 0.1) is 0 Å². The number of anilines is 1. The number of H-pyrrole nitrogens is 1. The molecule has 2 rings (SSSR count). The van der Waals surface area contributed by atoms with Gasteiger partial charge in [-0.05, 0) is 6.42 Å². The Labute approximate surface area is 91.0 Å². The molecule has 0 aromatic carbocycles. The monoisotopic (exact) mass is 224 g/mol. The molecule has 86 valence electrons. The standard InChI is InChI=1S/C8H12N6O2/c9-8-12-6(13-14-8)7(16)11-4-1-2-5(15)10-3-4/h4H,1-3H2,(H,10,15)(H,11,16)(H3,9,12,13,14). The number of amides is 2. The van der Waals surface area contributed by atoms with E-state index in [2.05, 4.69) is 25.8 Å². The molecule has 1 aromatic heterocycles. The van der Waals surface area contributed by atoms with Crippen LogP contribution in [-0.2, 0) is 4.79 Å². The smallest absolute Gasteiger partial charge is 0.288 e. The molecule has 1 aliphatic heterocycles. The molecule has 0 aliphatic carbocycles. The van der Waals surface area contributed by atoms with Gasteiger partial charge in [-0.25, -0.2) is 0 Å². The molecule has 1 fully saturated rings. The summed E-state index contributed by atoms with van der Waals surface area (Å²) in [7, 11) is 0. The molecule has 5 N–H and O–H groups in total. The van der Waals surface area contributed by atoms with Gasteiger partial charge in [-0.3, -0.25) is 14.7 Å². The van der Waals surface area contributed by atoms with Gasteiger partial charge in [0, 0.05) is 19.0 Å². The molecule has 0 saturated carbocycles. The van der Waals surface area contributed by atoms with Crippen LogP contribution in [-0.4, -0.2) is 39.6 Å². The van der Waals surface area contributed by atoms with Gasteiger partial charge in [0.2, 0.25) is 17.7 Å². The molecule has 1 aromatic rings. The van der Waals surface area contributed by atoms with Crippen molar-refractivity contribution in [1.29, 1.82) is 0 Å². The number of aromatic nitrogens is 3. The summed E-state index contributed by atoms with van der Waals surface area (Å²) in [5.41, 5.74) is 5.28. The average molecular weight is 224 g/mol. The van der Waals surface area contributed by atoms with Crippen LogP contribution < -0.4 is 16.4 Å². The predicted molar refractivity (Wildman–Crippen MR) is 54.3 cm³/mol. The number of nitrogens with one attached hydrogen (secondary N) is 3. The maximum atomic E-state index is 11.6. The highest BCUT2D eigenvalue weighted by Gasteiger charge is 2.21. The van der Waals surface area contributed by atoms with E-state index >= 15 is 0 Å². The van der Waals surface area contributed by atoms with Crippen molar-refractivity contribution in [2.45, 2.75) is 18.9 Å². The molecule has 16 heavy (non-hydrogen) atoms. The molecule has 8 nitrogen and oxygen atoms in total. The van der Waals surface area contributed by atoms with Gasteiger partial charge in [0.25, 0.3) is 5.91 Å². The molecule has 8 heteroatoms. The van der Waals surface area contributed by atoms with Crippen LogP contribution in [0.2, 0.25) is 0 Å². The van der Waals surface area contributed by atoms with E-state index in [1.165, 1.54) is 0 Å². The Morgan fingerprint density at radius 3 is 2.94 bits per heavy atom. The molecule has 0 radical (unpaired) electrons. The largest absolute Gasteiger partial charge is 0.366 e. The zero-order chi connectivity index (χ0) is 11.5. The number of hydrogen-bond acceptors (Lipinski definition) is 5. The van der Waals surface area contributed by atoms with Gasteiger partial charge >= 0.3 is 0 Å². The van der Waals surface area contributed by atoms with Crippen molar-refractivity contribution < 1.29 is 9.59 Å². The zero-order valence-corrected chi connectivity index (χ0v) is 8.49. The molecule has 2 amide bonds. The van der Waals surface area contributed by atoms with E-state index < -0.39 is 0 Å². The van der Waals surface area contributed by atoms with Crippen molar-refractivity contribution in [3.8, 4) is 0 Å². The maximum Gasteiger partial charge on any atom is 0.288 e. The first-order valence-corrected chi connectivity index (χ1v) is 4.90. The minimum atomic E-state index is -0.370. The predicted octanol–water partition coefficient (Wildman–Crippen LogP) is -1.60. The minimum absolute atomic E-state index is 0.00871. The number of rotatable bonds is 2. The summed E-state index contributed by atoms with van der Waals surface area (Å²) in [5.74, 6) is -0.253. The second-order valence-electron chi connectivity index (χ2n) is 3.56. The Balaban J connectivity index is 1.90.